The molecule has 2 N–H and O–H groups in total. The molecule has 21 heavy (non-hydrogen) atoms. The quantitative estimate of drug-likeness (QED) is 0.673. The molecule has 3 rings (SSSR count). The Morgan fingerprint density at radius 3 is 3.05 bits per heavy atom. The van der Waals surface area contributed by atoms with Crippen molar-refractivity contribution in [1.29, 1.82) is 0 Å². The lowest BCUT2D eigenvalue weighted by Gasteiger charge is -2.10. The van der Waals surface area contributed by atoms with E-state index in [-0.39, 0.29) is 24.5 Å². The summed E-state index contributed by atoms with van der Waals surface area (Å²) < 4.78 is 1.11. The second-order valence-corrected chi connectivity index (χ2v) is 6.09. The lowest BCUT2D eigenvalue weighted by atomic mass is 10.1. The van der Waals surface area contributed by atoms with Gasteiger partial charge in [-0.15, -0.1) is 11.3 Å². The molecule has 0 bridgehead atoms. The molecule has 0 saturated carbocycles. The molecule has 108 valence electrons. The van der Waals surface area contributed by atoms with Crippen LogP contribution in [0.5, 0.6) is 0 Å². The molecule has 1 heterocycles. The number of para-hydroxylation sites is 1. The monoisotopic (exact) mass is 300 g/mol. The molecule has 0 unspecified atom stereocenters. The summed E-state index contributed by atoms with van der Waals surface area (Å²) in [5.74, 6) is 0.0195. The molecule has 1 aromatic carbocycles. The molecule has 1 aliphatic carbocycles. The van der Waals surface area contributed by atoms with Crippen LogP contribution in [0.2, 0.25) is 0 Å². The van der Waals surface area contributed by atoms with Crippen LogP contribution in [-0.4, -0.2) is 28.6 Å². The van der Waals surface area contributed by atoms with Crippen LogP contribution in [0.25, 0.3) is 16.3 Å². The summed E-state index contributed by atoms with van der Waals surface area (Å²) >= 11 is 1.56. The van der Waals surface area contributed by atoms with Crippen LogP contribution in [0, 0.1) is 5.92 Å². The summed E-state index contributed by atoms with van der Waals surface area (Å²) in [5, 5.41) is 12.8. The maximum absolute atomic E-state index is 11.9. The Bertz CT molecular complexity index is 672. The van der Waals surface area contributed by atoms with Gasteiger partial charge in [0, 0.05) is 24.6 Å². The number of nitrogens with one attached hydrogen (secondary N) is 1. The number of nitrogens with zero attached hydrogens (tertiary/aromatic N) is 1. The summed E-state index contributed by atoms with van der Waals surface area (Å²) in [5.41, 5.74) is 0.951. The van der Waals surface area contributed by atoms with Crippen LogP contribution in [0.15, 0.2) is 42.5 Å². The van der Waals surface area contributed by atoms with Gasteiger partial charge >= 0.3 is 0 Å². The largest absolute Gasteiger partial charge is 0.396 e. The van der Waals surface area contributed by atoms with E-state index in [0.29, 0.717) is 0 Å². The van der Waals surface area contributed by atoms with Crippen molar-refractivity contribution in [2.75, 3.05) is 6.61 Å². The summed E-state index contributed by atoms with van der Waals surface area (Å²) in [7, 11) is 0. The average Bonchev–Trinajstić information content (AvgIpc) is 3.10. The maximum atomic E-state index is 11.9. The molecule has 2 aromatic rings. The minimum atomic E-state index is -0.137. The molecule has 1 aromatic heterocycles. The van der Waals surface area contributed by atoms with Gasteiger partial charge in [0.15, 0.2) is 0 Å². The fraction of sp³-hybridized carbons (Fsp3) is 0.250. The van der Waals surface area contributed by atoms with E-state index >= 15 is 0 Å². The number of aromatic nitrogens is 1. The van der Waals surface area contributed by atoms with Gasteiger partial charge in [-0.2, -0.15) is 0 Å². The summed E-state index contributed by atoms with van der Waals surface area (Å²) in [6.45, 7) is 0.129. The Morgan fingerprint density at radius 2 is 2.29 bits per heavy atom. The van der Waals surface area contributed by atoms with Gasteiger partial charge in [-0.1, -0.05) is 24.3 Å². The van der Waals surface area contributed by atoms with Crippen LogP contribution in [0.1, 0.15) is 11.4 Å². The van der Waals surface area contributed by atoms with E-state index in [0.717, 1.165) is 21.6 Å². The number of benzene rings is 1. The van der Waals surface area contributed by atoms with Crippen molar-refractivity contribution in [3.05, 3.63) is 47.5 Å². The first kappa shape index (κ1) is 14.0. The number of aliphatic hydroxyl groups excluding tert-OH is 1. The first-order valence-corrected chi connectivity index (χ1v) is 7.69. The van der Waals surface area contributed by atoms with Crippen molar-refractivity contribution in [2.24, 2.45) is 5.92 Å². The van der Waals surface area contributed by atoms with E-state index in [1.807, 2.05) is 36.4 Å². The third-order valence-corrected chi connectivity index (χ3v) is 4.42. The van der Waals surface area contributed by atoms with Gasteiger partial charge in [0.1, 0.15) is 5.01 Å². The molecular formula is C16H16N2O2S. The molecule has 0 radical (unpaired) electrons. The number of carbonyl (C=O) groups is 1. The Labute approximate surface area is 126 Å². The van der Waals surface area contributed by atoms with Gasteiger partial charge in [-0.3, -0.25) is 4.79 Å². The summed E-state index contributed by atoms with van der Waals surface area (Å²) in [4.78, 5) is 16.3. The number of aliphatic hydroxyl groups is 1. The van der Waals surface area contributed by atoms with Crippen molar-refractivity contribution >= 4 is 33.5 Å². The minimum absolute atomic E-state index is 0.00895. The second kappa shape index (κ2) is 6.20. The number of rotatable bonds is 4. The van der Waals surface area contributed by atoms with Crippen LogP contribution in [0.4, 0.5) is 0 Å². The summed E-state index contributed by atoms with van der Waals surface area (Å²) in [6, 6.07) is 7.91. The minimum Gasteiger partial charge on any atom is -0.396 e. The molecule has 1 aliphatic rings. The highest BCUT2D eigenvalue weighted by Gasteiger charge is 2.18. The van der Waals surface area contributed by atoms with Crippen molar-refractivity contribution in [2.45, 2.75) is 12.5 Å². The third-order valence-electron chi connectivity index (χ3n) is 3.42. The Morgan fingerprint density at radius 1 is 1.43 bits per heavy atom. The topological polar surface area (TPSA) is 62.2 Å². The van der Waals surface area contributed by atoms with Crippen molar-refractivity contribution in [3.8, 4) is 0 Å². The zero-order chi connectivity index (χ0) is 14.7. The highest BCUT2D eigenvalue weighted by atomic mass is 32.1. The number of hydrogen-bond donors (Lipinski definition) is 2. The van der Waals surface area contributed by atoms with E-state index in [1.165, 1.54) is 6.08 Å². The smallest absolute Gasteiger partial charge is 0.244 e. The van der Waals surface area contributed by atoms with E-state index in [2.05, 4.69) is 10.3 Å². The van der Waals surface area contributed by atoms with Crippen molar-refractivity contribution < 1.29 is 9.90 Å². The van der Waals surface area contributed by atoms with E-state index in [4.69, 9.17) is 5.11 Å². The van der Waals surface area contributed by atoms with Crippen LogP contribution in [0.3, 0.4) is 0 Å². The molecule has 0 saturated heterocycles. The molecule has 5 heteroatoms. The van der Waals surface area contributed by atoms with Gasteiger partial charge in [0.25, 0.3) is 0 Å². The van der Waals surface area contributed by atoms with Gasteiger partial charge in [-0.25, -0.2) is 4.98 Å². The third kappa shape index (κ3) is 3.37. The van der Waals surface area contributed by atoms with E-state index < -0.39 is 0 Å². The molecule has 1 amide bonds. The Kier molecular flexibility index (Phi) is 4.13. The first-order chi connectivity index (χ1) is 10.2. The molecule has 4 nitrogen and oxygen atoms in total. The number of fused-ring (bicyclic) bond motifs is 1. The fourth-order valence-corrected chi connectivity index (χ4v) is 3.23. The van der Waals surface area contributed by atoms with Gasteiger partial charge in [0.2, 0.25) is 5.91 Å². The molecule has 0 fully saturated rings. The fourth-order valence-electron chi connectivity index (χ4n) is 2.36. The van der Waals surface area contributed by atoms with Gasteiger partial charge < -0.3 is 10.4 Å². The number of thiazole rings is 1. The summed E-state index contributed by atoms with van der Waals surface area (Å²) in [6.07, 6.45) is 7.89. The van der Waals surface area contributed by atoms with Crippen LogP contribution < -0.4 is 5.32 Å². The Hall–Kier alpha value is -1.98. The zero-order valence-electron chi connectivity index (χ0n) is 11.4. The predicted octanol–water partition coefficient (Wildman–Crippen LogP) is 2.36. The standard InChI is InChI=1S/C16H16N2O2S/c19-10-11-5-6-12(9-11)17-15(20)7-8-16-18-13-3-1-2-4-14(13)21-16/h1-8,11-12,19H,9-10H2,(H,17,20)/b8-7+/t11-,12+/m0/s1. The van der Waals surface area contributed by atoms with Gasteiger partial charge in [0.05, 0.1) is 10.2 Å². The van der Waals surface area contributed by atoms with Crippen LogP contribution >= 0.6 is 11.3 Å². The van der Waals surface area contributed by atoms with E-state index in [1.54, 1.807) is 17.4 Å². The number of amides is 1. The van der Waals surface area contributed by atoms with Crippen molar-refractivity contribution in [1.82, 2.24) is 10.3 Å². The molecule has 2 atom stereocenters. The van der Waals surface area contributed by atoms with E-state index in [9.17, 15) is 4.79 Å². The molecule has 0 spiro atoms. The SMILES string of the molecule is O=C(/C=C/c1nc2ccccc2s1)N[C@@H]1C=C[C@H](CO)C1. The van der Waals surface area contributed by atoms with Crippen molar-refractivity contribution in [3.63, 3.8) is 0 Å². The zero-order valence-corrected chi connectivity index (χ0v) is 12.2. The van der Waals surface area contributed by atoms with Crippen LogP contribution in [-0.2, 0) is 4.79 Å². The highest BCUT2D eigenvalue weighted by molar-refractivity contribution is 7.19. The highest BCUT2D eigenvalue weighted by Crippen LogP contribution is 2.22. The normalized spacial score (nSPS) is 21.4. The number of carbonyl (C=O) groups excluding carboxylic acids is 1. The lowest BCUT2D eigenvalue weighted by molar-refractivity contribution is -0.116. The average molecular weight is 300 g/mol. The maximum Gasteiger partial charge on any atom is 0.244 e. The number of hydrogen-bond acceptors (Lipinski definition) is 4. The van der Waals surface area contributed by atoms with Gasteiger partial charge in [-0.05, 0) is 24.6 Å². The first-order valence-electron chi connectivity index (χ1n) is 6.88. The lowest BCUT2D eigenvalue weighted by Crippen LogP contribution is -2.31. The second-order valence-electron chi connectivity index (χ2n) is 5.03. The Balaban J connectivity index is 1.60. The molecular weight excluding hydrogens is 284 g/mol. The predicted molar refractivity (Wildman–Crippen MR) is 84.9 cm³/mol. The molecule has 0 aliphatic heterocycles.